The van der Waals surface area contributed by atoms with Gasteiger partial charge in [-0.15, -0.1) is 0 Å². The molecule has 0 aliphatic carbocycles. The summed E-state index contributed by atoms with van der Waals surface area (Å²) in [6.45, 7) is 1.45. The molecule has 0 aromatic carbocycles. The van der Waals surface area contributed by atoms with Gasteiger partial charge >= 0.3 is 12.2 Å². The first-order valence-corrected chi connectivity index (χ1v) is 10.3. The highest BCUT2D eigenvalue weighted by atomic mass is 32.2. The van der Waals surface area contributed by atoms with Crippen LogP contribution in [0.3, 0.4) is 0 Å². The third-order valence-electron chi connectivity index (χ3n) is 4.28. The number of anilines is 1. The van der Waals surface area contributed by atoms with Crippen molar-refractivity contribution in [3.63, 3.8) is 0 Å². The highest BCUT2D eigenvalue weighted by Gasteiger charge is 2.34. The highest BCUT2D eigenvalue weighted by molar-refractivity contribution is 7.91. The van der Waals surface area contributed by atoms with E-state index in [1.807, 2.05) is 0 Å². The molecule has 9 nitrogen and oxygen atoms in total. The molecule has 1 N–H and O–H groups in total. The van der Waals surface area contributed by atoms with Gasteiger partial charge in [-0.1, -0.05) is 6.92 Å². The fourth-order valence-electron chi connectivity index (χ4n) is 2.63. The number of nitrogens with zero attached hydrogens (tertiary/aromatic N) is 5. The van der Waals surface area contributed by atoms with Crippen LogP contribution in [0.1, 0.15) is 12.6 Å². The molecule has 0 atom stereocenters. The van der Waals surface area contributed by atoms with Gasteiger partial charge in [0.25, 0.3) is 0 Å². The third kappa shape index (κ3) is 3.92. The Balaban J connectivity index is 2.22. The van der Waals surface area contributed by atoms with Crippen LogP contribution >= 0.6 is 0 Å². The van der Waals surface area contributed by atoms with E-state index in [-0.39, 0.29) is 33.5 Å². The minimum atomic E-state index is -4.65. The average molecular weight is 442 g/mol. The number of amides is 2. The van der Waals surface area contributed by atoms with Gasteiger partial charge in [0, 0.05) is 26.4 Å². The van der Waals surface area contributed by atoms with E-state index in [2.05, 4.69) is 20.4 Å². The Kier molecular flexibility index (Phi) is 5.41. The van der Waals surface area contributed by atoms with Crippen LogP contribution in [-0.2, 0) is 16.0 Å². The maximum atomic E-state index is 12.9. The molecule has 3 rings (SSSR count). The van der Waals surface area contributed by atoms with Crippen molar-refractivity contribution in [1.82, 2.24) is 24.9 Å². The van der Waals surface area contributed by atoms with E-state index in [0.29, 0.717) is 0 Å². The zero-order valence-corrected chi connectivity index (χ0v) is 16.9. The number of urea groups is 1. The lowest BCUT2D eigenvalue weighted by Gasteiger charge is -2.17. The molecule has 0 unspecified atom stereocenters. The molecule has 0 spiro atoms. The third-order valence-corrected chi connectivity index (χ3v) is 6.04. The first-order chi connectivity index (χ1) is 14.0. The Morgan fingerprint density at radius 3 is 2.53 bits per heavy atom. The van der Waals surface area contributed by atoms with Crippen molar-refractivity contribution < 1.29 is 26.4 Å². The molecule has 160 valence electrons. The fraction of sp³-hybridized carbons (Fsp3) is 0.294. The van der Waals surface area contributed by atoms with E-state index >= 15 is 0 Å². The molecular weight excluding hydrogens is 425 g/mol. The molecule has 0 saturated carbocycles. The van der Waals surface area contributed by atoms with Crippen molar-refractivity contribution in [2.24, 2.45) is 0 Å². The maximum Gasteiger partial charge on any atom is 0.435 e. The summed E-state index contributed by atoms with van der Waals surface area (Å²) in [5.41, 5.74) is -1.32. The monoisotopic (exact) mass is 442 g/mol. The normalized spacial score (nSPS) is 12.2. The maximum absolute atomic E-state index is 12.9. The molecule has 3 aromatic rings. The molecule has 3 heterocycles. The second-order valence-corrected chi connectivity index (χ2v) is 8.42. The number of rotatable bonds is 4. The lowest BCUT2D eigenvalue weighted by molar-refractivity contribution is -0.141. The number of hydrogen-bond donors (Lipinski definition) is 1. The van der Waals surface area contributed by atoms with E-state index in [1.165, 1.54) is 45.4 Å². The van der Waals surface area contributed by atoms with Gasteiger partial charge in [0.05, 0.1) is 16.3 Å². The molecule has 2 amide bonds. The van der Waals surface area contributed by atoms with Crippen LogP contribution in [0.25, 0.3) is 17.0 Å². The number of sulfone groups is 1. The van der Waals surface area contributed by atoms with Crippen molar-refractivity contribution >= 4 is 27.3 Å². The number of hydrogen-bond acceptors (Lipinski definition) is 6. The molecule has 0 bridgehead atoms. The summed E-state index contributed by atoms with van der Waals surface area (Å²) in [5, 5.41) is 5.83. The summed E-state index contributed by atoms with van der Waals surface area (Å²) in [7, 11) is -0.888. The van der Waals surface area contributed by atoms with Gasteiger partial charge in [0.1, 0.15) is 11.5 Å². The van der Waals surface area contributed by atoms with Crippen LogP contribution < -0.4 is 10.2 Å². The standard InChI is InChI=1S/C17H17F3N6O3S/c1-4-30(28,29)11-5-6-13(25(3)16(27)21-2)23-15(11)10-7-8-26-14(22-10)9-12(24-26)17(18,19)20/h5-9H,4H2,1-3H3,(H,21,27). The topological polar surface area (TPSA) is 110 Å². The van der Waals surface area contributed by atoms with E-state index < -0.39 is 27.7 Å². The molecule has 0 radical (unpaired) electrons. The Labute approximate surface area is 169 Å². The number of halogens is 3. The van der Waals surface area contributed by atoms with Gasteiger partial charge in [-0.2, -0.15) is 18.3 Å². The second kappa shape index (κ2) is 7.55. The number of carbonyl (C=O) groups excluding carboxylic acids is 1. The number of nitrogens with one attached hydrogen (secondary N) is 1. The number of alkyl halides is 3. The van der Waals surface area contributed by atoms with Crippen molar-refractivity contribution in [1.29, 1.82) is 0 Å². The molecular formula is C17H17F3N6O3S. The Bertz CT molecular complexity index is 1220. The van der Waals surface area contributed by atoms with Crippen LogP contribution in [-0.4, -0.2) is 53.9 Å². The minimum absolute atomic E-state index is 0.0234. The largest absolute Gasteiger partial charge is 0.435 e. The lowest BCUT2D eigenvalue weighted by Crippen LogP contribution is -2.35. The zero-order valence-electron chi connectivity index (χ0n) is 16.1. The predicted molar refractivity (Wildman–Crippen MR) is 102 cm³/mol. The van der Waals surface area contributed by atoms with Gasteiger partial charge in [-0.3, -0.25) is 4.90 Å². The van der Waals surface area contributed by atoms with Crippen LogP contribution in [0.15, 0.2) is 35.4 Å². The lowest BCUT2D eigenvalue weighted by atomic mass is 10.2. The van der Waals surface area contributed by atoms with E-state index in [0.717, 1.165) is 15.5 Å². The number of fused-ring (bicyclic) bond motifs is 1. The summed E-state index contributed by atoms with van der Waals surface area (Å²) in [5.74, 6) is -0.0926. The van der Waals surface area contributed by atoms with E-state index in [4.69, 9.17) is 0 Å². The van der Waals surface area contributed by atoms with Gasteiger partial charge in [0.2, 0.25) is 0 Å². The van der Waals surface area contributed by atoms with Crippen molar-refractivity contribution in [3.05, 3.63) is 36.2 Å². The molecule has 13 heteroatoms. The van der Waals surface area contributed by atoms with Gasteiger partial charge in [0.15, 0.2) is 21.2 Å². The number of aromatic nitrogens is 4. The molecule has 0 aliphatic rings. The highest BCUT2D eigenvalue weighted by Crippen LogP contribution is 2.31. The van der Waals surface area contributed by atoms with Crippen LogP contribution in [0.4, 0.5) is 23.8 Å². The average Bonchev–Trinajstić information content (AvgIpc) is 3.16. The second-order valence-electron chi connectivity index (χ2n) is 6.18. The smallest absolute Gasteiger partial charge is 0.341 e. The van der Waals surface area contributed by atoms with E-state index in [1.54, 1.807) is 0 Å². The van der Waals surface area contributed by atoms with Crippen molar-refractivity contribution in [2.75, 3.05) is 24.7 Å². The fourth-order valence-corrected chi connectivity index (χ4v) is 3.67. The van der Waals surface area contributed by atoms with Gasteiger partial charge in [-0.25, -0.2) is 27.7 Å². The molecule has 0 aliphatic heterocycles. The summed E-state index contributed by atoms with van der Waals surface area (Å²) in [6, 6.07) is 4.21. The Morgan fingerprint density at radius 2 is 1.93 bits per heavy atom. The van der Waals surface area contributed by atoms with E-state index in [9.17, 15) is 26.4 Å². The quantitative estimate of drug-likeness (QED) is 0.665. The first-order valence-electron chi connectivity index (χ1n) is 8.61. The number of pyridine rings is 1. The summed E-state index contributed by atoms with van der Waals surface area (Å²) in [4.78, 5) is 21.3. The predicted octanol–water partition coefficient (Wildman–Crippen LogP) is 2.38. The molecule has 3 aromatic heterocycles. The molecule has 0 fully saturated rings. The van der Waals surface area contributed by atoms with Gasteiger partial charge < -0.3 is 5.32 Å². The summed E-state index contributed by atoms with van der Waals surface area (Å²) >= 11 is 0. The van der Waals surface area contributed by atoms with Crippen LogP contribution in [0.5, 0.6) is 0 Å². The Hall–Kier alpha value is -3.22. The zero-order chi connectivity index (χ0) is 22.3. The van der Waals surface area contributed by atoms with Crippen LogP contribution in [0, 0.1) is 0 Å². The molecule has 0 saturated heterocycles. The van der Waals surface area contributed by atoms with Crippen molar-refractivity contribution in [2.45, 2.75) is 18.0 Å². The number of carbonyl (C=O) groups is 1. The first kappa shape index (κ1) is 21.5. The minimum Gasteiger partial charge on any atom is -0.341 e. The summed E-state index contributed by atoms with van der Waals surface area (Å²) < 4.78 is 64.8. The summed E-state index contributed by atoms with van der Waals surface area (Å²) in [6.07, 6.45) is -3.43. The van der Waals surface area contributed by atoms with Gasteiger partial charge in [-0.05, 0) is 18.2 Å². The SMILES string of the molecule is CCS(=O)(=O)c1ccc(N(C)C(=O)NC)nc1-c1ccn2nc(C(F)(F)F)cc2n1. The van der Waals surface area contributed by atoms with Crippen LogP contribution in [0.2, 0.25) is 0 Å². The molecule has 30 heavy (non-hydrogen) atoms. The Morgan fingerprint density at radius 1 is 1.23 bits per heavy atom. The van der Waals surface area contributed by atoms with Crippen molar-refractivity contribution in [3.8, 4) is 11.4 Å².